The number of hydrogen-bond donors (Lipinski definition) is 0. The highest BCUT2D eigenvalue weighted by atomic mass is 32.1. The molecule has 1 amide bonds. The Bertz CT molecular complexity index is 1040. The van der Waals surface area contributed by atoms with Crippen LogP contribution in [0.1, 0.15) is 43.5 Å². The van der Waals surface area contributed by atoms with Crippen LogP contribution >= 0.6 is 11.3 Å². The van der Waals surface area contributed by atoms with Crippen molar-refractivity contribution in [2.45, 2.75) is 33.1 Å². The van der Waals surface area contributed by atoms with Crippen LogP contribution in [0.5, 0.6) is 11.5 Å². The number of benzene rings is 2. The number of thiazole rings is 1. The molecule has 4 rings (SSSR count). The molecule has 3 aromatic rings. The number of aromatic nitrogens is 1. The largest absolute Gasteiger partial charge is 0.494 e. The van der Waals surface area contributed by atoms with Crippen LogP contribution in [-0.4, -0.2) is 55.2 Å². The van der Waals surface area contributed by atoms with Gasteiger partial charge in [-0.1, -0.05) is 37.2 Å². The molecule has 1 saturated heterocycles. The van der Waals surface area contributed by atoms with E-state index in [-0.39, 0.29) is 5.91 Å². The Morgan fingerprint density at radius 3 is 2.59 bits per heavy atom. The van der Waals surface area contributed by atoms with Crippen molar-refractivity contribution >= 4 is 32.6 Å². The quantitative estimate of drug-likeness (QED) is 0.416. The van der Waals surface area contributed by atoms with E-state index in [0.29, 0.717) is 31.9 Å². The van der Waals surface area contributed by atoms with E-state index in [0.717, 1.165) is 52.8 Å². The maximum Gasteiger partial charge on any atom is 0.254 e. The van der Waals surface area contributed by atoms with Crippen molar-refractivity contribution < 1.29 is 14.3 Å². The second-order valence-electron chi connectivity index (χ2n) is 7.92. The number of unbranched alkanes of at least 4 members (excludes halogenated alkanes) is 2. The second-order valence-corrected chi connectivity index (χ2v) is 8.93. The predicted octanol–water partition coefficient (Wildman–Crippen LogP) is 5.23. The highest BCUT2D eigenvalue weighted by Gasteiger charge is 2.24. The van der Waals surface area contributed by atoms with Gasteiger partial charge in [-0.3, -0.25) is 4.79 Å². The van der Waals surface area contributed by atoms with E-state index in [9.17, 15) is 4.79 Å². The highest BCUT2D eigenvalue weighted by Crippen LogP contribution is 2.32. The van der Waals surface area contributed by atoms with Crippen LogP contribution in [0.25, 0.3) is 10.2 Å². The zero-order valence-corrected chi connectivity index (χ0v) is 19.7. The van der Waals surface area contributed by atoms with Crippen LogP contribution in [0.2, 0.25) is 0 Å². The first-order valence-electron chi connectivity index (χ1n) is 11.5. The maximum absolute atomic E-state index is 13.0. The van der Waals surface area contributed by atoms with E-state index in [2.05, 4.69) is 17.9 Å². The molecule has 1 aliphatic heterocycles. The lowest BCUT2D eigenvalue weighted by atomic mass is 10.1. The van der Waals surface area contributed by atoms with E-state index in [1.807, 2.05) is 48.2 Å². The average Bonchev–Trinajstić information content (AvgIpc) is 3.25. The van der Waals surface area contributed by atoms with Crippen molar-refractivity contribution in [3.05, 3.63) is 48.0 Å². The van der Waals surface area contributed by atoms with Crippen molar-refractivity contribution in [2.24, 2.45) is 0 Å². The molecular weight excluding hydrogens is 422 g/mol. The Morgan fingerprint density at radius 2 is 1.81 bits per heavy atom. The van der Waals surface area contributed by atoms with Crippen LogP contribution in [0.15, 0.2) is 42.5 Å². The Hall–Kier alpha value is -2.80. The third-order valence-corrected chi connectivity index (χ3v) is 6.67. The van der Waals surface area contributed by atoms with Crippen molar-refractivity contribution in [2.75, 3.05) is 44.3 Å². The van der Waals surface area contributed by atoms with Crippen LogP contribution in [-0.2, 0) is 0 Å². The average molecular weight is 454 g/mol. The molecule has 0 saturated carbocycles. The van der Waals surface area contributed by atoms with Gasteiger partial charge in [0.2, 0.25) is 0 Å². The topological polar surface area (TPSA) is 54.9 Å². The van der Waals surface area contributed by atoms with Gasteiger partial charge in [0, 0.05) is 31.7 Å². The molecular formula is C25H31N3O3S. The molecule has 0 atom stereocenters. The van der Waals surface area contributed by atoms with Gasteiger partial charge in [-0.25, -0.2) is 4.98 Å². The highest BCUT2D eigenvalue weighted by molar-refractivity contribution is 7.22. The summed E-state index contributed by atoms with van der Waals surface area (Å²) in [4.78, 5) is 22.0. The maximum atomic E-state index is 13.0. The normalized spacial score (nSPS) is 14.1. The zero-order chi connectivity index (χ0) is 22.3. The molecule has 170 valence electrons. The number of rotatable bonds is 9. The molecule has 1 aromatic heterocycles. The van der Waals surface area contributed by atoms with Crippen LogP contribution in [0, 0.1) is 0 Å². The molecule has 1 aliphatic rings. The number of amides is 1. The predicted molar refractivity (Wildman–Crippen MR) is 130 cm³/mol. The van der Waals surface area contributed by atoms with Crippen LogP contribution < -0.4 is 14.4 Å². The first-order valence-corrected chi connectivity index (χ1v) is 12.3. The van der Waals surface area contributed by atoms with Gasteiger partial charge in [-0.15, -0.1) is 0 Å². The molecule has 2 heterocycles. The zero-order valence-electron chi connectivity index (χ0n) is 18.9. The Balaban J connectivity index is 1.35. The first-order chi connectivity index (χ1) is 15.7. The number of fused-ring (bicyclic) bond motifs is 1. The van der Waals surface area contributed by atoms with Crippen molar-refractivity contribution in [3.8, 4) is 11.5 Å². The standard InChI is InChI=1S/C25H31N3O3S/c1-3-5-6-16-31-20-9-7-8-19(17-20)24(29)27-12-14-28(15-13-27)25-26-22-11-10-21(30-4-2)18-23(22)32-25/h7-11,17-18H,3-6,12-16H2,1-2H3. The summed E-state index contributed by atoms with van der Waals surface area (Å²) < 4.78 is 12.5. The third kappa shape index (κ3) is 5.33. The molecule has 0 aliphatic carbocycles. The molecule has 2 aromatic carbocycles. The summed E-state index contributed by atoms with van der Waals surface area (Å²) in [6.45, 7) is 8.42. The molecule has 1 fully saturated rings. The number of nitrogens with zero attached hydrogens (tertiary/aromatic N) is 3. The fourth-order valence-electron chi connectivity index (χ4n) is 3.83. The molecule has 7 heteroatoms. The lowest BCUT2D eigenvalue weighted by Crippen LogP contribution is -2.48. The van der Waals surface area contributed by atoms with Gasteiger partial charge < -0.3 is 19.3 Å². The lowest BCUT2D eigenvalue weighted by Gasteiger charge is -2.34. The van der Waals surface area contributed by atoms with Gasteiger partial charge in [0.15, 0.2) is 5.13 Å². The van der Waals surface area contributed by atoms with Crippen LogP contribution in [0.3, 0.4) is 0 Å². The number of carbonyl (C=O) groups excluding carboxylic acids is 1. The fraction of sp³-hybridized carbons (Fsp3) is 0.440. The Kier molecular flexibility index (Phi) is 7.47. The smallest absolute Gasteiger partial charge is 0.254 e. The lowest BCUT2D eigenvalue weighted by molar-refractivity contribution is 0.0746. The van der Waals surface area contributed by atoms with E-state index in [1.54, 1.807) is 11.3 Å². The minimum Gasteiger partial charge on any atom is -0.494 e. The Morgan fingerprint density at radius 1 is 1.00 bits per heavy atom. The molecule has 6 nitrogen and oxygen atoms in total. The van der Waals surface area contributed by atoms with Gasteiger partial charge >= 0.3 is 0 Å². The number of ether oxygens (including phenoxy) is 2. The number of anilines is 1. The summed E-state index contributed by atoms with van der Waals surface area (Å²) in [5.41, 5.74) is 1.68. The van der Waals surface area contributed by atoms with Gasteiger partial charge in [0.1, 0.15) is 11.5 Å². The summed E-state index contributed by atoms with van der Waals surface area (Å²) in [6.07, 6.45) is 3.36. The minimum atomic E-state index is 0.0642. The summed E-state index contributed by atoms with van der Waals surface area (Å²) in [5.74, 6) is 1.71. The van der Waals surface area contributed by atoms with E-state index in [4.69, 9.17) is 14.5 Å². The van der Waals surface area contributed by atoms with E-state index in [1.165, 1.54) is 6.42 Å². The number of carbonyl (C=O) groups is 1. The Labute approximate surface area is 193 Å². The molecule has 0 unspecified atom stereocenters. The van der Waals surface area contributed by atoms with Crippen molar-refractivity contribution in [3.63, 3.8) is 0 Å². The third-order valence-electron chi connectivity index (χ3n) is 5.59. The van der Waals surface area contributed by atoms with E-state index >= 15 is 0 Å². The number of piperazine rings is 1. The van der Waals surface area contributed by atoms with Gasteiger partial charge in [0.05, 0.1) is 23.4 Å². The van der Waals surface area contributed by atoms with Gasteiger partial charge in [0.25, 0.3) is 5.91 Å². The monoisotopic (exact) mass is 453 g/mol. The SMILES string of the molecule is CCCCCOc1cccc(C(=O)N2CCN(c3nc4ccc(OCC)cc4s3)CC2)c1. The molecule has 0 N–H and O–H groups in total. The minimum absolute atomic E-state index is 0.0642. The fourth-order valence-corrected chi connectivity index (χ4v) is 4.87. The van der Waals surface area contributed by atoms with Crippen molar-refractivity contribution in [1.29, 1.82) is 0 Å². The second kappa shape index (κ2) is 10.7. The number of hydrogen-bond acceptors (Lipinski definition) is 6. The summed E-state index contributed by atoms with van der Waals surface area (Å²) in [7, 11) is 0. The molecule has 0 radical (unpaired) electrons. The molecule has 0 bridgehead atoms. The van der Waals surface area contributed by atoms with Gasteiger partial charge in [-0.05, 0) is 49.7 Å². The molecule has 0 spiro atoms. The van der Waals surface area contributed by atoms with E-state index < -0.39 is 0 Å². The van der Waals surface area contributed by atoms with Crippen LogP contribution in [0.4, 0.5) is 5.13 Å². The molecule has 32 heavy (non-hydrogen) atoms. The first kappa shape index (κ1) is 22.4. The summed E-state index contributed by atoms with van der Waals surface area (Å²) in [6, 6.07) is 13.6. The summed E-state index contributed by atoms with van der Waals surface area (Å²) >= 11 is 1.68. The van der Waals surface area contributed by atoms with Crippen molar-refractivity contribution in [1.82, 2.24) is 9.88 Å². The van der Waals surface area contributed by atoms with Gasteiger partial charge in [-0.2, -0.15) is 0 Å². The summed E-state index contributed by atoms with van der Waals surface area (Å²) in [5, 5.41) is 1.00.